The summed E-state index contributed by atoms with van der Waals surface area (Å²) in [4.78, 5) is 0. The molecule has 0 aliphatic heterocycles. The van der Waals surface area contributed by atoms with Crippen molar-refractivity contribution < 1.29 is 8.42 Å². The van der Waals surface area contributed by atoms with Crippen LogP contribution in [0.15, 0.2) is 97.1 Å². The first kappa shape index (κ1) is 20.7. The van der Waals surface area contributed by atoms with Crippen LogP contribution < -0.4 is 0 Å². The molecule has 0 spiro atoms. The Labute approximate surface area is 163 Å². The van der Waals surface area contributed by atoms with Gasteiger partial charge in [-0.05, 0) is 25.0 Å². The van der Waals surface area contributed by atoms with Gasteiger partial charge in [0.1, 0.15) is 0 Å². The summed E-state index contributed by atoms with van der Waals surface area (Å²) in [5, 5.41) is -1.38. The maximum atomic E-state index is 13.2. The molecule has 2 aromatic carbocycles. The Bertz CT molecular complexity index is 834. The van der Waals surface area contributed by atoms with E-state index in [2.05, 4.69) is 0 Å². The van der Waals surface area contributed by atoms with Crippen LogP contribution in [-0.2, 0) is 9.84 Å². The van der Waals surface area contributed by atoms with Gasteiger partial charge in [-0.15, -0.1) is 0 Å². The molecule has 2 rings (SSSR count). The van der Waals surface area contributed by atoms with Crippen molar-refractivity contribution in [3.63, 3.8) is 0 Å². The molecular formula is C24H26O2S. The normalized spacial score (nSPS) is 15.2. The Morgan fingerprint density at radius 3 is 1.33 bits per heavy atom. The van der Waals surface area contributed by atoms with Crippen molar-refractivity contribution in [3.05, 3.63) is 108 Å². The number of sulfone groups is 1. The summed E-state index contributed by atoms with van der Waals surface area (Å²) in [5.74, 6) is 0. The molecule has 0 aliphatic carbocycles. The fourth-order valence-corrected chi connectivity index (χ4v) is 4.38. The second kappa shape index (κ2) is 10.5. The number of benzene rings is 2. The fourth-order valence-electron chi connectivity index (χ4n) is 2.67. The molecule has 0 heterocycles. The van der Waals surface area contributed by atoms with E-state index in [4.69, 9.17) is 0 Å². The lowest BCUT2D eigenvalue weighted by molar-refractivity contribution is 0.592. The zero-order valence-corrected chi connectivity index (χ0v) is 16.6. The molecule has 0 saturated heterocycles. The minimum Gasteiger partial charge on any atom is -0.227 e. The van der Waals surface area contributed by atoms with E-state index in [1.165, 1.54) is 0 Å². The lowest BCUT2D eigenvalue weighted by Gasteiger charge is -2.15. The summed E-state index contributed by atoms with van der Waals surface area (Å²) in [6.45, 7) is 3.67. The van der Waals surface area contributed by atoms with Crippen molar-refractivity contribution in [2.75, 3.05) is 0 Å². The first-order chi connectivity index (χ1) is 13.1. The van der Waals surface area contributed by atoms with E-state index in [1.54, 1.807) is 36.5 Å². The van der Waals surface area contributed by atoms with Gasteiger partial charge in [-0.1, -0.05) is 109 Å². The van der Waals surface area contributed by atoms with E-state index >= 15 is 0 Å². The maximum Gasteiger partial charge on any atom is 0.170 e. The van der Waals surface area contributed by atoms with Crippen molar-refractivity contribution in [3.8, 4) is 0 Å². The van der Waals surface area contributed by atoms with E-state index < -0.39 is 20.3 Å². The maximum absolute atomic E-state index is 13.2. The van der Waals surface area contributed by atoms with Crippen LogP contribution >= 0.6 is 0 Å². The average molecular weight is 379 g/mol. The van der Waals surface area contributed by atoms with Crippen LogP contribution in [0.2, 0.25) is 0 Å². The van der Waals surface area contributed by atoms with Gasteiger partial charge in [0.2, 0.25) is 0 Å². The van der Waals surface area contributed by atoms with Gasteiger partial charge in [-0.25, -0.2) is 8.42 Å². The summed E-state index contributed by atoms with van der Waals surface area (Å²) < 4.78 is 26.5. The third-order valence-corrected chi connectivity index (χ3v) is 6.22. The van der Waals surface area contributed by atoms with Gasteiger partial charge in [0.15, 0.2) is 9.84 Å². The summed E-state index contributed by atoms with van der Waals surface area (Å²) in [7, 11) is -3.47. The van der Waals surface area contributed by atoms with Crippen molar-refractivity contribution in [1.82, 2.24) is 0 Å². The Hall–Kier alpha value is -2.65. The predicted octanol–water partition coefficient (Wildman–Crippen LogP) is 5.72. The zero-order chi connectivity index (χ0) is 19.5. The van der Waals surface area contributed by atoms with Crippen LogP contribution in [0, 0.1) is 0 Å². The largest absolute Gasteiger partial charge is 0.227 e. The van der Waals surface area contributed by atoms with Crippen LogP contribution in [-0.4, -0.2) is 18.9 Å². The Morgan fingerprint density at radius 2 is 1.00 bits per heavy atom. The van der Waals surface area contributed by atoms with Crippen molar-refractivity contribution in [2.24, 2.45) is 0 Å². The molecule has 140 valence electrons. The van der Waals surface area contributed by atoms with E-state index in [0.29, 0.717) is 0 Å². The van der Waals surface area contributed by atoms with Gasteiger partial charge in [-0.2, -0.15) is 0 Å². The van der Waals surface area contributed by atoms with Crippen molar-refractivity contribution in [2.45, 2.75) is 24.3 Å². The lowest BCUT2D eigenvalue weighted by atomic mass is 10.2. The highest BCUT2D eigenvalue weighted by molar-refractivity contribution is 7.93. The first-order valence-electron chi connectivity index (χ1n) is 9.02. The van der Waals surface area contributed by atoms with Crippen molar-refractivity contribution in [1.29, 1.82) is 0 Å². The molecule has 0 radical (unpaired) electrons. The number of hydrogen-bond acceptors (Lipinski definition) is 2. The van der Waals surface area contributed by atoms with Crippen LogP contribution in [0.5, 0.6) is 0 Å². The highest BCUT2D eigenvalue weighted by atomic mass is 32.2. The molecule has 0 bridgehead atoms. The number of rotatable bonds is 8. The van der Waals surface area contributed by atoms with Gasteiger partial charge in [0.25, 0.3) is 0 Å². The van der Waals surface area contributed by atoms with Crippen LogP contribution in [0.25, 0.3) is 12.2 Å². The van der Waals surface area contributed by atoms with Gasteiger partial charge in [0, 0.05) is 0 Å². The molecule has 0 amide bonds. The molecule has 2 aromatic rings. The number of hydrogen-bond donors (Lipinski definition) is 0. The SMILES string of the molecule is C/C=C/C(/C=C/c1ccccc1)S(=O)(=O)C(/C=C/C)/C=C/c1ccccc1. The molecular weight excluding hydrogens is 352 g/mol. The molecule has 2 nitrogen and oxygen atoms in total. The fraction of sp³-hybridized carbons (Fsp3) is 0.167. The summed E-state index contributed by atoms with van der Waals surface area (Å²) in [5.41, 5.74) is 1.95. The molecule has 2 atom stereocenters. The first-order valence-corrected chi connectivity index (χ1v) is 10.6. The monoisotopic (exact) mass is 378 g/mol. The van der Waals surface area contributed by atoms with Gasteiger partial charge < -0.3 is 0 Å². The quantitative estimate of drug-likeness (QED) is 0.551. The molecule has 2 unspecified atom stereocenters. The molecule has 0 aromatic heterocycles. The van der Waals surface area contributed by atoms with E-state index in [0.717, 1.165) is 11.1 Å². The second-order valence-corrected chi connectivity index (χ2v) is 8.38. The van der Waals surface area contributed by atoms with E-state index in [-0.39, 0.29) is 0 Å². The van der Waals surface area contributed by atoms with Crippen molar-refractivity contribution >= 4 is 22.0 Å². The third-order valence-electron chi connectivity index (χ3n) is 4.08. The second-order valence-electron chi connectivity index (χ2n) is 6.11. The van der Waals surface area contributed by atoms with Gasteiger partial charge in [0.05, 0.1) is 10.5 Å². The van der Waals surface area contributed by atoms with E-state index in [1.807, 2.05) is 86.7 Å². The average Bonchev–Trinajstić information content (AvgIpc) is 2.69. The van der Waals surface area contributed by atoms with Gasteiger partial charge >= 0.3 is 0 Å². The molecule has 0 aliphatic rings. The Kier molecular flexibility index (Phi) is 8.02. The Morgan fingerprint density at radius 1 is 0.630 bits per heavy atom. The zero-order valence-electron chi connectivity index (χ0n) is 15.8. The predicted molar refractivity (Wildman–Crippen MR) is 117 cm³/mol. The minimum atomic E-state index is -3.47. The summed E-state index contributed by atoms with van der Waals surface area (Å²) >= 11 is 0. The summed E-state index contributed by atoms with van der Waals surface area (Å²) in [6.07, 6.45) is 14.2. The molecule has 0 saturated carbocycles. The minimum absolute atomic E-state index is 0.690. The number of allylic oxidation sites excluding steroid dienone is 2. The summed E-state index contributed by atoms with van der Waals surface area (Å²) in [6, 6.07) is 19.4. The topological polar surface area (TPSA) is 34.1 Å². The standard InChI is InChI=1S/C24H26O2S/c1-3-11-23(19-17-21-13-7-5-8-14-21)27(25,26)24(12-4-2)20-18-22-15-9-6-10-16-22/h3-20,23-24H,1-2H3/b11-3+,12-4+,19-17+,20-18+. The molecule has 3 heteroatoms. The lowest BCUT2D eigenvalue weighted by Crippen LogP contribution is -2.27. The third kappa shape index (κ3) is 6.22. The van der Waals surface area contributed by atoms with Crippen LogP contribution in [0.3, 0.4) is 0 Å². The van der Waals surface area contributed by atoms with Gasteiger partial charge in [-0.3, -0.25) is 0 Å². The smallest absolute Gasteiger partial charge is 0.170 e. The molecule has 0 fully saturated rings. The highest BCUT2D eigenvalue weighted by Crippen LogP contribution is 2.18. The van der Waals surface area contributed by atoms with E-state index in [9.17, 15) is 8.42 Å². The van der Waals surface area contributed by atoms with Crippen LogP contribution in [0.1, 0.15) is 25.0 Å². The van der Waals surface area contributed by atoms with Crippen LogP contribution in [0.4, 0.5) is 0 Å². The highest BCUT2D eigenvalue weighted by Gasteiger charge is 2.27. The molecule has 0 N–H and O–H groups in total. The molecule has 27 heavy (non-hydrogen) atoms. The Balaban J connectivity index is 2.32.